The second-order valence-electron chi connectivity index (χ2n) is 7.75. The van der Waals surface area contributed by atoms with Crippen molar-refractivity contribution in [3.8, 4) is 11.4 Å². The molecule has 4 aromatic rings. The molecule has 2 heterocycles. The SMILES string of the molecule is Cc1cc(Nc2nc(-c3cc(NC(=O)Nc4ccc(Cl)c(C(F)(F)F)c4)ccc3C)ncc2F)n[nH]1. The van der Waals surface area contributed by atoms with E-state index in [4.69, 9.17) is 11.6 Å². The first-order valence-corrected chi connectivity index (χ1v) is 10.7. The molecule has 0 unspecified atom stereocenters. The van der Waals surface area contributed by atoms with Gasteiger partial charge in [0.15, 0.2) is 23.3 Å². The topological polar surface area (TPSA) is 108 Å². The number of aryl methyl sites for hydroxylation is 2. The summed E-state index contributed by atoms with van der Waals surface area (Å²) in [4.78, 5) is 20.7. The Labute approximate surface area is 207 Å². The normalized spacial score (nSPS) is 11.3. The second-order valence-corrected chi connectivity index (χ2v) is 8.16. The molecule has 8 nitrogen and oxygen atoms in total. The van der Waals surface area contributed by atoms with Gasteiger partial charge in [0.2, 0.25) is 0 Å². The minimum Gasteiger partial charge on any atom is -0.321 e. The van der Waals surface area contributed by atoms with Crippen LogP contribution in [0.5, 0.6) is 0 Å². The zero-order valence-electron chi connectivity index (χ0n) is 18.8. The smallest absolute Gasteiger partial charge is 0.321 e. The summed E-state index contributed by atoms with van der Waals surface area (Å²) in [6.45, 7) is 3.57. The molecule has 2 aromatic heterocycles. The summed E-state index contributed by atoms with van der Waals surface area (Å²) in [6.07, 6.45) is -3.66. The molecule has 0 saturated heterocycles. The fraction of sp³-hybridized carbons (Fsp3) is 0.130. The lowest BCUT2D eigenvalue weighted by molar-refractivity contribution is -0.137. The standard InChI is InChI=1S/C23H18ClF4N7O/c1-11-3-4-13(30-22(36)31-14-5-6-17(24)16(9-14)23(26,27)28)8-15(11)20-29-10-18(25)21(33-20)32-19-7-12(2)34-35-19/h3-10H,1-2H3,(H2,30,31,36)(H2,29,32,33,34,35). The maximum Gasteiger partial charge on any atom is 0.417 e. The number of amides is 2. The summed E-state index contributed by atoms with van der Waals surface area (Å²) < 4.78 is 53.5. The highest BCUT2D eigenvalue weighted by Crippen LogP contribution is 2.36. The average molecular weight is 520 g/mol. The lowest BCUT2D eigenvalue weighted by Gasteiger charge is -2.13. The van der Waals surface area contributed by atoms with Gasteiger partial charge >= 0.3 is 12.2 Å². The lowest BCUT2D eigenvalue weighted by Crippen LogP contribution is -2.20. The quantitative estimate of drug-likeness (QED) is 0.220. The van der Waals surface area contributed by atoms with E-state index in [0.717, 1.165) is 29.6 Å². The fourth-order valence-corrected chi connectivity index (χ4v) is 3.47. The zero-order chi connectivity index (χ0) is 26.0. The number of nitrogens with one attached hydrogen (secondary N) is 4. The molecule has 0 aliphatic carbocycles. The molecule has 0 aliphatic heterocycles. The first-order chi connectivity index (χ1) is 17.0. The van der Waals surface area contributed by atoms with Crippen LogP contribution in [0, 0.1) is 19.7 Å². The van der Waals surface area contributed by atoms with Crippen LogP contribution in [0.4, 0.5) is 45.4 Å². The molecule has 4 N–H and O–H groups in total. The number of hydrogen-bond donors (Lipinski definition) is 4. The summed E-state index contributed by atoms with van der Waals surface area (Å²) >= 11 is 5.61. The van der Waals surface area contributed by atoms with E-state index in [9.17, 15) is 22.4 Å². The molecule has 0 spiro atoms. The van der Waals surface area contributed by atoms with E-state index in [-0.39, 0.29) is 17.3 Å². The van der Waals surface area contributed by atoms with E-state index in [1.807, 2.05) is 0 Å². The van der Waals surface area contributed by atoms with Crippen LogP contribution in [0.3, 0.4) is 0 Å². The number of aromatic nitrogens is 4. The number of carbonyl (C=O) groups excluding carboxylic acids is 1. The summed E-state index contributed by atoms with van der Waals surface area (Å²) in [5.74, 6) is -0.229. The van der Waals surface area contributed by atoms with Crippen molar-refractivity contribution in [2.75, 3.05) is 16.0 Å². The van der Waals surface area contributed by atoms with E-state index < -0.39 is 28.6 Å². The lowest BCUT2D eigenvalue weighted by atomic mass is 10.1. The van der Waals surface area contributed by atoms with Crippen LogP contribution in [-0.2, 0) is 6.18 Å². The Bertz CT molecular complexity index is 1440. The summed E-state index contributed by atoms with van der Waals surface area (Å²) in [5.41, 5.74) is 1.16. The van der Waals surface area contributed by atoms with Gasteiger partial charge in [-0.2, -0.15) is 18.3 Å². The molecule has 4 rings (SSSR count). The number of carbonyl (C=O) groups is 1. The van der Waals surface area contributed by atoms with Gasteiger partial charge in [0, 0.05) is 28.7 Å². The van der Waals surface area contributed by atoms with Crippen LogP contribution in [0.2, 0.25) is 5.02 Å². The molecule has 13 heteroatoms. The van der Waals surface area contributed by atoms with Crippen LogP contribution >= 0.6 is 11.6 Å². The van der Waals surface area contributed by atoms with Gasteiger partial charge in [0.25, 0.3) is 0 Å². The van der Waals surface area contributed by atoms with Crippen LogP contribution < -0.4 is 16.0 Å². The number of nitrogens with zero attached hydrogens (tertiary/aromatic N) is 3. The number of benzene rings is 2. The number of anilines is 4. The minimum absolute atomic E-state index is 0.0924. The number of H-pyrrole nitrogens is 1. The maximum atomic E-state index is 14.3. The third-order valence-corrected chi connectivity index (χ3v) is 5.29. The Hall–Kier alpha value is -4.19. The monoisotopic (exact) mass is 519 g/mol. The molecule has 186 valence electrons. The summed E-state index contributed by atoms with van der Waals surface area (Å²) in [7, 11) is 0. The van der Waals surface area contributed by atoms with E-state index in [1.165, 1.54) is 6.07 Å². The zero-order valence-corrected chi connectivity index (χ0v) is 19.5. The van der Waals surface area contributed by atoms with Crippen LogP contribution in [0.25, 0.3) is 11.4 Å². The Balaban J connectivity index is 1.54. The number of hydrogen-bond acceptors (Lipinski definition) is 5. The van der Waals surface area contributed by atoms with Gasteiger partial charge < -0.3 is 16.0 Å². The minimum atomic E-state index is -4.67. The van der Waals surface area contributed by atoms with Crippen molar-refractivity contribution in [1.29, 1.82) is 0 Å². The molecule has 0 atom stereocenters. The molecule has 36 heavy (non-hydrogen) atoms. The van der Waals surface area contributed by atoms with Gasteiger partial charge in [0.1, 0.15) is 0 Å². The highest BCUT2D eigenvalue weighted by molar-refractivity contribution is 6.31. The van der Waals surface area contributed by atoms with Gasteiger partial charge in [-0.25, -0.2) is 19.2 Å². The van der Waals surface area contributed by atoms with Crippen molar-refractivity contribution in [1.82, 2.24) is 20.2 Å². The Morgan fingerprint density at radius 1 is 1.03 bits per heavy atom. The molecule has 0 aliphatic rings. The molecule has 2 amide bonds. The number of urea groups is 1. The van der Waals surface area contributed by atoms with Crippen molar-refractivity contribution < 1.29 is 22.4 Å². The predicted molar refractivity (Wildman–Crippen MR) is 128 cm³/mol. The van der Waals surface area contributed by atoms with Crippen molar-refractivity contribution in [2.45, 2.75) is 20.0 Å². The highest BCUT2D eigenvalue weighted by Gasteiger charge is 2.33. The first kappa shape index (κ1) is 24.9. The van der Waals surface area contributed by atoms with Crippen LogP contribution in [0.1, 0.15) is 16.8 Å². The third kappa shape index (κ3) is 5.71. The third-order valence-electron chi connectivity index (χ3n) is 4.96. The second kappa shape index (κ2) is 9.82. The van der Waals surface area contributed by atoms with Crippen LogP contribution in [-0.4, -0.2) is 26.2 Å². The van der Waals surface area contributed by atoms with Crippen molar-refractivity contribution in [2.24, 2.45) is 0 Å². The van der Waals surface area contributed by atoms with Crippen molar-refractivity contribution >= 4 is 40.6 Å². The Kier molecular flexibility index (Phi) is 6.80. The Morgan fingerprint density at radius 2 is 1.72 bits per heavy atom. The van der Waals surface area contributed by atoms with Gasteiger partial charge in [-0.15, -0.1) is 0 Å². The largest absolute Gasteiger partial charge is 0.417 e. The fourth-order valence-electron chi connectivity index (χ4n) is 3.24. The molecule has 0 bridgehead atoms. The number of halogens is 5. The van der Waals surface area contributed by atoms with Crippen molar-refractivity contribution in [3.05, 3.63) is 76.3 Å². The number of alkyl halides is 3. The van der Waals surface area contributed by atoms with E-state index in [1.54, 1.807) is 38.1 Å². The highest BCUT2D eigenvalue weighted by atomic mass is 35.5. The van der Waals surface area contributed by atoms with Gasteiger partial charge in [-0.1, -0.05) is 17.7 Å². The van der Waals surface area contributed by atoms with E-state index in [0.29, 0.717) is 17.1 Å². The van der Waals surface area contributed by atoms with Gasteiger partial charge in [-0.05, 0) is 49.7 Å². The number of aromatic amines is 1. The summed E-state index contributed by atoms with van der Waals surface area (Å²) in [5, 5.41) is 13.9. The molecule has 0 saturated carbocycles. The molecule has 2 aromatic carbocycles. The molecular formula is C23H18ClF4N7O. The maximum absolute atomic E-state index is 14.3. The van der Waals surface area contributed by atoms with E-state index in [2.05, 4.69) is 36.1 Å². The van der Waals surface area contributed by atoms with E-state index >= 15 is 0 Å². The summed E-state index contributed by atoms with van der Waals surface area (Å²) in [6, 6.07) is 8.77. The predicted octanol–water partition coefficient (Wildman–Crippen LogP) is 6.68. The average Bonchev–Trinajstić information content (AvgIpc) is 3.21. The van der Waals surface area contributed by atoms with Crippen LogP contribution in [0.15, 0.2) is 48.7 Å². The van der Waals surface area contributed by atoms with Gasteiger partial charge in [0.05, 0.1) is 16.8 Å². The Morgan fingerprint density at radius 3 is 2.39 bits per heavy atom. The molecular weight excluding hydrogens is 502 g/mol. The molecule has 0 fully saturated rings. The van der Waals surface area contributed by atoms with Crippen molar-refractivity contribution in [3.63, 3.8) is 0 Å². The molecule has 0 radical (unpaired) electrons. The first-order valence-electron chi connectivity index (χ1n) is 10.4. The number of rotatable bonds is 5. The van der Waals surface area contributed by atoms with Gasteiger partial charge in [-0.3, -0.25) is 5.10 Å².